The first-order valence-electron chi connectivity index (χ1n) is 9.46. The summed E-state index contributed by atoms with van der Waals surface area (Å²) >= 11 is 1.28. The van der Waals surface area contributed by atoms with E-state index in [-0.39, 0.29) is 29.3 Å². The average molecular weight is 388 g/mol. The van der Waals surface area contributed by atoms with Crippen LogP contribution in [0.3, 0.4) is 0 Å². The molecule has 0 N–H and O–H groups in total. The number of hydrogen-bond donors (Lipinski definition) is 0. The molecule has 3 aliphatic rings. The van der Waals surface area contributed by atoms with Crippen LogP contribution in [0, 0.1) is 12.8 Å². The van der Waals surface area contributed by atoms with E-state index in [9.17, 15) is 14.4 Å². The van der Waals surface area contributed by atoms with Gasteiger partial charge in [-0.1, -0.05) is 6.92 Å². The summed E-state index contributed by atoms with van der Waals surface area (Å²) in [6.45, 7) is 5.68. The Kier molecular flexibility index (Phi) is 4.53. The minimum absolute atomic E-state index is 0.0828. The van der Waals surface area contributed by atoms with Crippen LogP contribution in [-0.4, -0.2) is 56.8 Å². The van der Waals surface area contributed by atoms with Gasteiger partial charge in [0.1, 0.15) is 4.83 Å². The Labute approximate surface area is 161 Å². The van der Waals surface area contributed by atoms with Crippen molar-refractivity contribution in [2.75, 3.05) is 19.6 Å². The number of hydrogen-bond acceptors (Lipinski definition) is 5. The first-order chi connectivity index (χ1) is 12.9. The summed E-state index contributed by atoms with van der Waals surface area (Å²) in [6, 6.07) is 0.0980. The molecule has 2 amide bonds. The van der Waals surface area contributed by atoms with Gasteiger partial charge in [0.15, 0.2) is 0 Å². The molecular formula is C19H24N4O3S. The quantitative estimate of drug-likeness (QED) is 0.803. The zero-order valence-corrected chi connectivity index (χ0v) is 16.7. The molecule has 3 saturated heterocycles. The predicted molar refractivity (Wildman–Crippen MR) is 104 cm³/mol. The maximum Gasteiger partial charge on any atom is 0.264 e. The molecule has 144 valence electrons. The van der Waals surface area contributed by atoms with Crippen molar-refractivity contribution in [3.63, 3.8) is 0 Å². The van der Waals surface area contributed by atoms with E-state index in [0.29, 0.717) is 33.7 Å². The maximum atomic E-state index is 13.3. The van der Waals surface area contributed by atoms with Gasteiger partial charge in [0.2, 0.25) is 5.91 Å². The molecule has 8 heteroatoms. The summed E-state index contributed by atoms with van der Waals surface area (Å²) in [7, 11) is 1.66. The van der Waals surface area contributed by atoms with Gasteiger partial charge in [-0.25, -0.2) is 4.98 Å². The van der Waals surface area contributed by atoms with Gasteiger partial charge in [0.05, 0.1) is 22.5 Å². The number of fused-ring (bicyclic) bond motifs is 5. The van der Waals surface area contributed by atoms with E-state index in [0.717, 1.165) is 25.8 Å². The van der Waals surface area contributed by atoms with Gasteiger partial charge in [0, 0.05) is 32.7 Å². The molecule has 2 atom stereocenters. The molecule has 5 rings (SSSR count). The molecule has 0 radical (unpaired) electrons. The number of amides is 2. The lowest BCUT2D eigenvalue weighted by molar-refractivity contribution is -0.139. The van der Waals surface area contributed by atoms with Crippen LogP contribution in [0.15, 0.2) is 11.1 Å². The number of carbonyl (C=O) groups is 2. The highest BCUT2D eigenvalue weighted by Gasteiger charge is 2.42. The summed E-state index contributed by atoms with van der Waals surface area (Å²) in [5.41, 5.74) is 0.565. The highest BCUT2D eigenvalue weighted by atomic mass is 32.1. The van der Waals surface area contributed by atoms with E-state index in [2.05, 4.69) is 11.9 Å². The van der Waals surface area contributed by atoms with Crippen LogP contribution in [0.4, 0.5) is 0 Å². The van der Waals surface area contributed by atoms with Crippen LogP contribution in [0.2, 0.25) is 0 Å². The summed E-state index contributed by atoms with van der Waals surface area (Å²) in [5, 5.41) is 0.523. The largest absolute Gasteiger partial charge is 0.338 e. The smallest absolute Gasteiger partial charge is 0.264 e. The fourth-order valence-corrected chi connectivity index (χ4v) is 5.40. The molecule has 0 saturated carbocycles. The predicted octanol–water partition coefficient (Wildman–Crippen LogP) is 1.78. The zero-order valence-electron chi connectivity index (χ0n) is 15.9. The Balaban J connectivity index is 1.69. The Morgan fingerprint density at radius 3 is 2.81 bits per heavy atom. The number of rotatable bonds is 3. The first-order valence-corrected chi connectivity index (χ1v) is 10.3. The van der Waals surface area contributed by atoms with Crippen LogP contribution in [0.1, 0.15) is 41.4 Å². The van der Waals surface area contributed by atoms with E-state index in [1.807, 2.05) is 16.7 Å². The van der Waals surface area contributed by atoms with Crippen molar-refractivity contribution in [2.45, 2.75) is 39.2 Å². The monoisotopic (exact) mass is 388 g/mol. The van der Waals surface area contributed by atoms with Crippen LogP contribution in [0.5, 0.6) is 0 Å². The first kappa shape index (κ1) is 18.2. The van der Waals surface area contributed by atoms with E-state index < -0.39 is 0 Å². The zero-order chi connectivity index (χ0) is 19.3. The van der Waals surface area contributed by atoms with E-state index >= 15 is 0 Å². The number of carbonyl (C=O) groups excluding carboxylic acids is 2. The van der Waals surface area contributed by atoms with Crippen LogP contribution in [-0.2, 0) is 11.8 Å². The third kappa shape index (κ3) is 2.86. The lowest BCUT2D eigenvalue weighted by Crippen LogP contribution is -2.48. The van der Waals surface area contributed by atoms with Crippen LogP contribution >= 0.6 is 11.3 Å². The van der Waals surface area contributed by atoms with Crippen molar-refractivity contribution in [3.05, 3.63) is 27.1 Å². The molecule has 3 fully saturated rings. The second-order valence-corrected chi connectivity index (χ2v) is 8.57. The van der Waals surface area contributed by atoms with Crippen LogP contribution < -0.4 is 5.56 Å². The second-order valence-electron chi connectivity index (χ2n) is 7.57. The Hall–Kier alpha value is -2.22. The molecule has 0 aromatic carbocycles. The van der Waals surface area contributed by atoms with Gasteiger partial charge in [0.25, 0.3) is 11.5 Å². The molecule has 5 heterocycles. The van der Waals surface area contributed by atoms with Gasteiger partial charge >= 0.3 is 0 Å². The molecule has 2 bridgehead atoms. The Morgan fingerprint density at radius 1 is 1.30 bits per heavy atom. The third-order valence-electron chi connectivity index (χ3n) is 5.75. The minimum Gasteiger partial charge on any atom is -0.338 e. The standard InChI is InChI=1S/C19H24N4O3S/c1-4-7-23-13-6-5-12(17(23)24)8-22(9-13)19(26)15-11(2)14-16(27-15)20-10-21(3)18(14)25/h10,12-13H,4-9H2,1-3H3/t12-,13+/m0/s1. The summed E-state index contributed by atoms with van der Waals surface area (Å²) < 4.78 is 1.43. The van der Waals surface area contributed by atoms with Crippen molar-refractivity contribution in [1.29, 1.82) is 0 Å². The fourth-order valence-electron chi connectivity index (χ4n) is 4.30. The number of aryl methyl sites for hydroxylation is 2. The lowest BCUT2D eigenvalue weighted by atomic mass is 9.94. The van der Waals surface area contributed by atoms with Crippen molar-refractivity contribution in [1.82, 2.24) is 19.4 Å². The Bertz CT molecular complexity index is 979. The van der Waals surface area contributed by atoms with Crippen molar-refractivity contribution >= 4 is 33.4 Å². The molecule has 0 spiro atoms. The SMILES string of the molecule is CCCN1C(=O)[C@H]2CC[C@@H]1CN(C(=O)c1sc3ncn(C)c(=O)c3c1C)C2. The van der Waals surface area contributed by atoms with Gasteiger partial charge < -0.3 is 14.4 Å². The van der Waals surface area contributed by atoms with E-state index in [1.165, 1.54) is 22.2 Å². The van der Waals surface area contributed by atoms with Crippen LogP contribution in [0.25, 0.3) is 10.2 Å². The molecule has 27 heavy (non-hydrogen) atoms. The topological polar surface area (TPSA) is 75.5 Å². The number of thiophene rings is 1. The third-order valence-corrected chi connectivity index (χ3v) is 6.94. The molecule has 2 aromatic heterocycles. The normalized spacial score (nSPS) is 22.6. The molecule has 3 aliphatic heterocycles. The van der Waals surface area contributed by atoms with Gasteiger partial charge in [-0.15, -0.1) is 11.3 Å². The van der Waals surface area contributed by atoms with Gasteiger partial charge in [-0.05, 0) is 31.7 Å². The lowest BCUT2D eigenvalue weighted by Gasteiger charge is -2.35. The van der Waals surface area contributed by atoms with Crippen molar-refractivity contribution in [2.24, 2.45) is 13.0 Å². The molecule has 0 unspecified atom stereocenters. The summed E-state index contributed by atoms with van der Waals surface area (Å²) in [6.07, 6.45) is 4.21. The molecule has 7 nitrogen and oxygen atoms in total. The van der Waals surface area contributed by atoms with E-state index in [1.54, 1.807) is 7.05 Å². The molecule has 2 aromatic rings. The highest BCUT2D eigenvalue weighted by molar-refractivity contribution is 7.20. The number of piperidine rings is 1. The number of nitrogens with zero attached hydrogens (tertiary/aromatic N) is 4. The minimum atomic E-state index is -0.131. The average Bonchev–Trinajstić information content (AvgIpc) is 2.80. The fraction of sp³-hybridized carbons (Fsp3) is 0.579. The Morgan fingerprint density at radius 2 is 2.07 bits per heavy atom. The molecule has 0 aliphatic carbocycles. The molecular weight excluding hydrogens is 364 g/mol. The second kappa shape index (κ2) is 6.74. The maximum absolute atomic E-state index is 13.3. The van der Waals surface area contributed by atoms with Crippen molar-refractivity contribution in [3.8, 4) is 0 Å². The van der Waals surface area contributed by atoms with E-state index in [4.69, 9.17) is 0 Å². The summed E-state index contributed by atoms with van der Waals surface area (Å²) in [4.78, 5) is 47.7. The van der Waals surface area contributed by atoms with Gasteiger partial charge in [-0.3, -0.25) is 14.4 Å². The summed E-state index contributed by atoms with van der Waals surface area (Å²) in [5.74, 6) is -0.00692. The van der Waals surface area contributed by atoms with Gasteiger partial charge in [-0.2, -0.15) is 0 Å². The number of aromatic nitrogens is 2. The van der Waals surface area contributed by atoms with Crippen molar-refractivity contribution < 1.29 is 9.59 Å². The highest BCUT2D eigenvalue weighted by Crippen LogP contribution is 2.33.